The van der Waals surface area contributed by atoms with Crippen LogP contribution in [0.5, 0.6) is 0 Å². The molecule has 39 heavy (non-hydrogen) atoms. The summed E-state index contributed by atoms with van der Waals surface area (Å²) in [6, 6.07) is 11.9. The molecule has 0 aromatic heterocycles. The van der Waals surface area contributed by atoms with Crippen LogP contribution in [0.25, 0.3) is 0 Å². The summed E-state index contributed by atoms with van der Waals surface area (Å²) in [5, 5.41) is 1.15. The summed E-state index contributed by atoms with van der Waals surface area (Å²) in [6.07, 6.45) is 3.03. The van der Waals surface area contributed by atoms with Gasteiger partial charge in [-0.25, -0.2) is 5.06 Å². The zero-order valence-corrected chi connectivity index (χ0v) is 30.7. The summed E-state index contributed by atoms with van der Waals surface area (Å²) in [5.41, 5.74) is 3.12. The van der Waals surface area contributed by atoms with Crippen molar-refractivity contribution in [3.63, 3.8) is 0 Å². The van der Waals surface area contributed by atoms with Gasteiger partial charge in [0.25, 0.3) is 0 Å². The van der Waals surface area contributed by atoms with Crippen LogP contribution in [0, 0.1) is 20.8 Å². The summed E-state index contributed by atoms with van der Waals surface area (Å²) < 4.78 is 8.45. The molecule has 2 rings (SSSR count). The fourth-order valence-corrected chi connectivity index (χ4v) is 4.43. The summed E-state index contributed by atoms with van der Waals surface area (Å²) in [4.78, 5) is 25.6. The third-order valence-electron chi connectivity index (χ3n) is 4.07. The number of rotatable bonds is 5. The Hall–Kier alpha value is -0.463. The molecule has 1 amide bonds. The first-order chi connectivity index (χ1) is 17.5. The first kappa shape index (κ1) is 45.5. The first-order valence-electron chi connectivity index (χ1n) is 12.4. The zero-order valence-electron chi connectivity index (χ0n) is 26.0. The van der Waals surface area contributed by atoms with Crippen molar-refractivity contribution in [3.05, 3.63) is 73.4 Å². The molecular formula is C30H47Br3LiNO4. The Labute approximate surface area is 275 Å². The maximum atomic E-state index is 10.9. The third kappa shape index (κ3) is 31.9. The van der Waals surface area contributed by atoms with E-state index in [9.17, 15) is 9.59 Å². The van der Waals surface area contributed by atoms with Gasteiger partial charge in [0.2, 0.25) is 5.91 Å². The van der Waals surface area contributed by atoms with Crippen molar-refractivity contribution < 1.29 is 38.0 Å². The van der Waals surface area contributed by atoms with Gasteiger partial charge in [0.05, 0.1) is 19.3 Å². The molecule has 2 aromatic carbocycles. The molecule has 0 unspecified atom stereocenters. The smallest absolute Gasteiger partial charge is 0.376 e. The number of ether oxygens (including phenoxy) is 1. The Morgan fingerprint density at radius 1 is 0.846 bits per heavy atom. The predicted octanol–water partition coefficient (Wildman–Crippen LogP) is 6.95. The maximum Gasteiger partial charge on any atom is 1.00 e. The molecular weight excluding hydrogens is 685 g/mol. The average molecular weight is 732 g/mol. The fraction of sp³-hybridized carbons (Fsp3) is 0.500. The van der Waals surface area contributed by atoms with E-state index in [0.29, 0.717) is 12.2 Å². The number of nitrogens with zero attached hydrogens (tertiary/aromatic N) is 1. The van der Waals surface area contributed by atoms with Crippen molar-refractivity contribution in [2.45, 2.75) is 87.4 Å². The molecule has 0 spiro atoms. The molecule has 0 N–H and O–H groups in total. The third-order valence-corrected chi connectivity index (χ3v) is 5.44. The molecule has 2 aromatic rings. The molecule has 0 heterocycles. The number of carbonyl (C=O) groups excluding carboxylic acids is 2. The van der Waals surface area contributed by atoms with Crippen molar-refractivity contribution in [2.24, 2.45) is 0 Å². The van der Waals surface area contributed by atoms with Crippen LogP contribution in [0.4, 0.5) is 0 Å². The molecule has 0 bridgehead atoms. The quantitative estimate of drug-likeness (QED) is 0.145. The normalized spacial score (nSPS) is 9.26. The number of carbonyl (C=O) groups is 2. The number of Topliss-reactive ketones (excluding diaryl/α,β-unsaturated/α-hetero) is 1. The molecule has 9 heteroatoms. The van der Waals surface area contributed by atoms with Gasteiger partial charge in [-0.2, -0.15) is 6.42 Å². The van der Waals surface area contributed by atoms with Crippen molar-refractivity contribution in [2.75, 3.05) is 14.2 Å². The van der Waals surface area contributed by atoms with Crippen LogP contribution in [-0.2, 0) is 14.4 Å². The largest absolute Gasteiger partial charge is 1.00 e. The number of aryl methyl sites for hydroxylation is 2. The van der Waals surface area contributed by atoms with Crippen molar-refractivity contribution >= 4 is 59.5 Å². The van der Waals surface area contributed by atoms with Crippen molar-refractivity contribution in [1.29, 1.82) is 0 Å². The van der Waals surface area contributed by atoms with Gasteiger partial charge >= 0.3 is 18.9 Å². The van der Waals surface area contributed by atoms with E-state index < -0.39 is 0 Å². The Kier molecular flexibility index (Phi) is 32.3. The van der Waals surface area contributed by atoms with Crippen LogP contribution < -0.4 is 18.9 Å². The SMILES string of the molecule is CC(=O)c1cc(C)cc(Br)c1.CC(C)OC(C)C.CON(C)C(C)=O.Cc1cc(Br)cc(Br)c1.[CH2-]CCC.[Li+]. The number of amides is 1. The maximum absolute atomic E-state index is 10.9. The Morgan fingerprint density at radius 2 is 1.21 bits per heavy atom. The number of hydroxylamine groups is 2. The molecule has 0 saturated heterocycles. The Balaban J connectivity index is -0.000000202. The van der Waals surface area contributed by atoms with Crippen molar-refractivity contribution in [3.8, 4) is 0 Å². The van der Waals surface area contributed by atoms with E-state index >= 15 is 0 Å². The minimum Gasteiger partial charge on any atom is -0.376 e. The van der Waals surface area contributed by atoms with Gasteiger partial charge in [-0.05, 0) is 96.0 Å². The zero-order chi connectivity index (χ0) is 30.4. The number of benzene rings is 2. The molecule has 0 atom stereocenters. The number of halogens is 3. The van der Waals surface area contributed by atoms with Crippen molar-refractivity contribution in [1.82, 2.24) is 5.06 Å². The monoisotopic (exact) mass is 729 g/mol. The molecule has 218 valence electrons. The fourth-order valence-electron chi connectivity index (χ4n) is 2.30. The topological polar surface area (TPSA) is 55.8 Å². The van der Waals surface area contributed by atoms with E-state index in [1.54, 1.807) is 14.0 Å². The minimum absolute atomic E-state index is 0. The number of unbranched alkanes of at least 4 members (excludes halogenated alkanes) is 1. The molecule has 0 radical (unpaired) electrons. The second kappa shape index (κ2) is 27.7. The van der Waals surface area contributed by atoms with Crippen LogP contribution in [-0.4, -0.2) is 43.1 Å². The molecule has 0 fully saturated rings. The number of hydrogen-bond donors (Lipinski definition) is 0. The number of ketones is 1. The van der Waals surface area contributed by atoms with Gasteiger partial charge in [0.15, 0.2) is 5.78 Å². The molecule has 0 aliphatic rings. The van der Waals surface area contributed by atoms with E-state index in [1.165, 1.54) is 26.0 Å². The standard InChI is InChI=1S/C9H9BrO.C7H6Br2.C6H14O.C4H9NO2.C4H9.Li/c1-6-3-8(7(2)11)5-9(10)4-6;1-5-2-6(8)4-7(9)3-5;1-5(2)7-6(3)4;1-4(6)5(2)7-3;1-3-4-2;/h3-5H,1-2H3;2-4H,1H3;5-6H,1-4H3;1-3H3;1,3-4H2,2H3;/q;;;;-1;+1. The molecule has 0 aliphatic carbocycles. The molecule has 0 aliphatic heterocycles. The van der Waals surface area contributed by atoms with Crippen LogP contribution in [0.15, 0.2) is 49.8 Å². The van der Waals surface area contributed by atoms with Gasteiger partial charge in [-0.15, -0.1) is 0 Å². The van der Waals surface area contributed by atoms with Gasteiger partial charge in [0, 0.05) is 33.0 Å². The van der Waals surface area contributed by atoms with E-state index in [0.717, 1.165) is 36.0 Å². The minimum atomic E-state index is -0.0949. The van der Waals surface area contributed by atoms with Gasteiger partial charge < -0.3 is 11.7 Å². The van der Waals surface area contributed by atoms with Crippen LogP contribution in [0.3, 0.4) is 0 Å². The van der Waals surface area contributed by atoms with Crippen LogP contribution >= 0.6 is 47.8 Å². The van der Waals surface area contributed by atoms with E-state index in [-0.39, 0.29) is 30.6 Å². The summed E-state index contributed by atoms with van der Waals surface area (Å²) in [5.74, 6) is 0.0110. The average Bonchev–Trinajstić information content (AvgIpc) is 2.77. The predicted molar refractivity (Wildman–Crippen MR) is 173 cm³/mol. The van der Waals surface area contributed by atoms with Crippen LogP contribution in [0.1, 0.15) is 82.8 Å². The van der Waals surface area contributed by atoms with E-state index in [4.69, 9.17) is 4.74 Å². The number of hydrogen-bond acceptors (Lipinski definition) is 4. The second-order valence-corrected chi connectivity index (χ2v) is 11.6. The second-order valence-electron chi connectivity index (χ2n) is 8.81. The molecule has 5 nitrogen and oxygen atoms in total. The van der Waals surface area contributed by atoms with E-state index in [2.05, 4.69) is 85.5 Å². The van der Waals surface area contributed by atoms with Crippen LogP contribution in [0.2, 0.25) is 0 Å². The van der Waals surface area contributed by atoms with Gasteiger partial charge in [-0.3, -0.25) is 14.4 Å². The first-order valence-corrected chi connectivity index (χ1v) is 14.8. The Bertz CT molecular complexity index is 846. The summed E-state index contributed by atoms with van der Waals surface area (Å²) in [7, 11) is 3.00. The summed E-state index contributed by atoms with van der Waals surface area (Å²) >= 11 is 10.1. The van der Waals surface area contributed by atoms with Gasteiger partial charge in [0.1, 0.15) is 0 Å². The summed E-state index contributed by atoms with van der Waals surface area (Å²) in [6.45, 7) is 20.9. The Morgan fingerprint density at radius 3 is 1.38 bits per heavy atom. The van der Waals surface area contributed by atoms with E-state index in [1.807, 2.05) is 58.9 Å². The van der Waals surface area contributed by atoms with Gasteiger partial charge in [-0.1, -0.05) is 61.1 Å². The molecule has 0 saturated carbocycles.